The minimum Gasteiger partial charge on any atom is -0.308 e. The number of aromatic nitrogens is 1. The molecule has 0 fully saturated rings. The zero-order chi connectivity index (χ0) is 16.0. The molecule has 110 valence electrons. The third-order valence-electron chi connectivity index (χ3n) is 3.95. The van der Waals surface area contributed by atoms with E-state index in [0.29, 0.717) is 22.0 Å². The van der Waals surface area contributed by atoms with E-state index in [1.807, 2.05) is 16.7 Å². The van der Waals surface area contributed by atoms with Gasteiger partial charge in [0.05, 0.1) is 22.3 Å². The van der Waals surface area contributed by atoms with E-state index < -0.39 is 0 Å². The molecule has 0 spiro atoms. The molecule has 1 heterocycles. The molecule has 0 atom stereocenters. The van der Waals surface area contributed by atoms with Crippen molar-refractivity contribution < 1.29 is 8.78 Å². The summed E-state index contributed by atoms with van der Waals surface area (Å²) in [6.07, 6.45) is 0. The molecule has 0 unspecified atom stereocenters. The Morgan fingerprint density at radius 1 is 0.783 bits per heavy atom. The monoisotopic (exact) mass is 304 g/mol. The fraction of sp³-hybridized carbons (Fsp3) is 0. The molecular weight excluding hydrogens is 294 g/mol. The average Bonchev–Trinajstić information content (AvgIpc) is 2.87. The molecule has 0 N–H and O–H groups in total. The Kier molecular flexibility index (Phi) is 2.88. The lowest BCUT2D eigenvalue weighted by Crippen LogP contribution is -1.97. The van der Waals surface area contributed by atoms with Crippen LogP contribution in [0.25, 0.3) is 27.5 Å². The van der Waals surface area contributed by atoms with Crippen LogP contribution < -0.4 is 0 Å². The highest BCUT2D eigenvalue weighted by atomic mass is 19.1. The van der Waals surface area contributed by atoms with E-state index in [4.69, 9.17) is 0 Å². The molecule has 0 aliphatic heterocycles. The predicted molar refractivity (Wildman–Crippen MR) is 85.4 cm³/mol. The van der Waals surface area contributed by atoms with Crippen LogP contribution >= 0.6 is 0 Å². The van der Waals surface area contributed by atoms with Crippen LogP contribution in [0.3, 0.4) is 0 Å². The molecular formula is C19H10F2N2. The molecule has 0 saturated heterocycles. The minimum absolute atomic E-state index is 0.380. The van der Waals surface area contributed by atoms with Crippen molar-refractivity contribution >= 4 is 21.8 Å². The molecule has 3 aromatic carbocycles. The van der Waals surface area contributed by atoms with Gasteiger partial charge in [-0.25, -0.2) is 8.78 Å². The van der Waals surface area contributed by atoms with Crippen LogP contribution in [0.5, 0.6) is 0 Å². The topological polar surface area (TPSA) is 28.7 Å². The standard InChI is InChI=1S/C19H10F2N2/c20-13-5-7-18-15(9-13)16-10-14(21)6-8-19(16)23(18)17-4-2-1-3-12(17)11-22/h1-10H. The SMILES string of the molecule is N#Cc1ccccc1-n1c2ccc(F)cc2c2cc(F)ccc21. The van der Waals surface area contributed by atoms with Gasteiger partial charge in [0, 0.05) is 10.8 Å². The Morgan fingerprint density at radius 3 is 1.91 bits per heavy atom. The number of halogens is 2. The number of para-hydroxylation sites is 1. The van der Waals surface area contributed by atoms with Gasteiger partial charge in [0.2, 0.25) is 0 Å². The van der Waals surface area contributed by atoms with Crippen LogP contribution in [0.4, 0.5) is 8.78 Å². The summed E-state index contributed by atoms with van der Waals surface area (Å²) in [6, 6.07) is 18.1. The predicted octanol–water partition coefficient (Wildman–Crippen LogP) is 4.93. The van der Waals surface area contributed by atoms with Gasteiger partial charge < -0.3 is 4.57 Å². The fourth-order valence-electron chi connectivity index (χ4n) is 2.99. The summed E-state index contributed by atoms with van der Waals surface area (Å²) < 4.78 is 29.2. The first-order chi connectivity index (χ1) is 11.2. The van der Waals surface area contributed by atoms with Gasteiger partial charge in [-0.15, -0.1) is 0 Å². The second kappa shape index (κ2) is 4.92. The number of nitrogens with zero attached hydrogens (tertiary/aromatic N) is 2. The van der Waals surface area contributed by atoms with Gasteiger partial charge in [-0.3, -0.25) is 0 Å². The van der Waals surface area contributed by atoms with E-state index in [-0.39, 0.29) is 11.6 Å². The number of rotatable bonds is 1. The van der Waals surface area contributed by atoms with E-state index in [1.54, 1.807) is 24.3 Å². The van der Waals surface area contributed by atoms with E-state index in [2.05, 4.69) is 6.07 Å². The third kappa shape index (κ3) is 1.98. The first-order valence-electron chi connectivity index (χ1n) is 7.08. The van der Waals surface area contributed by atoms with Crippen LogP contribution in [0.1, 0.15) is 5.56 Å². The van der Waals surface area contributed by atoms with Crippen LogP contribution in [-0.4, -0.2) is 4.57 Å². The Morgan fingerprint density at radius 2 is 1.35 bits per heavy atom. The maximum Gasteiger partial charge on any atom is 0.123 e. The molecule has 1 aromatic heterocycles. The number of fused-ring (bicyclic) bond motifs is 3. The molecule has 0 bridgehead atoms. The second-order valence-electron chi connectivity index (χ2n) is 5.29. The molecule has 4 rings (SSSR count). The van der Waals surface area contributed by atoms with Gasteiger partial charge in [0.15, 0.2) is 0 Å². The maximum absolute atomic E-state index is 13.7. The maximum atomic E-state index is 13.7. The van der Waals surface area contributed by atoms with Crippen molar-refractivity contribution in [3.05, 3.63) is 77.9 Å². The van der Waals surface area contributed by atoms with E-state index in [9.17, 15) is 14.0 Å². The molecule has 4 heteroatoms. The number of hydrogen-bond donors (Lipinski definition) is 0. The van der Waals surface area contributed by atoms with Crippen molar-refractivity contribution in [2.45, 2.75) is 0 Å². The van der Waals surface area contributed by atoms with Gasteiger partial charge in [0.25, 0.3) is 0 Å². The lowest BCUT2D eigenvalue weighted by atomic mass is 10.1. The molecule has 23 heavy (non-hydrogen) atoms. The first-order valence-corrected chi connectivity index (χ1v) is 7.08. The summed E-state index contributed by atoms with van der Waals surface area (Å²) in [7, 11) is 0. The van der Waals surface area contributed by atoms with Gasteiger partial charge in [-0.05, 0) is 48.5 Å². The zero-order valence-electron chi connectivity index (χ0n) is 11.9. The van der Waals surface area contributed by atoms with Gasteiger partial charge in [0.1, 0.15) is 17.7 Å². The first kappa shape index (κ1) is 13.5. The second-order valence-corrected chi connectivity index (χ2v) is 5.29. The summed E-state index contributed by atoms with van der Waals surface area (Å²) in [6.45, 7) is 0. The molecule has 0 aliphatic carbocycles. The van der Waals surface area contributed by atoms with Crippen molar-refractivity contribution in [3.63, 3.8) is 0 Å². The highest BCUT2D eigenvalue weighted by molar-refractivity contribution is 6.09. The zero-order valence-corrected chi connectivity index (χ0v) is 11.9. The lowest BCUT2D eigenvalue weighted by Gasteiger charge is -2.09. The van der Waals surface area contributed by atoms with E-state index >= 15 is 0 Å². The number of benzene rings is 3. The van der Waals surface area contributed by atoms with Crippen molar-refractivity contribution in [1.29, 1.82) is 5.26 Å². The Labute approximate surface area is 130 Å². The molecule has 0 aliphatic rings. The molecule has 0 saturated carbocycles. The quantitative estimate of drug-likeness (QED) is 0.490. The van der Waals surface area contributed by atoms with Crippen molar-refractivity contribution in [2.24, 2.45) is 0 Å². The van der Waals surface area contributed by atoms with E-state index in [1.165, 1.54) is 24.3 Å². The fourth-order valence-corrected chi connectivity index (χ4v) is 2.99. The van der Waals surface area contributed by atoms with Crippen LogP contribution in [0.2, 0.25) is 0 Å². The van der Waals surface area contributed by atoms with Crippen molar-refractivity contribution in [2.75, 3.05) is 0 Å². The summed E-state index contributed by atoms with van der Waals surface area (Å²) in [5.41, 5.74) is 2.65. The largest absolute Gasteiger partial charge is 0.308 e. The Balaban J connectivity index is 2.23. The van der Waals surface area contributed by atoms with Gasteiger partial charge in [-0.1, -0.05) is 12.1 Å². The van der Waals surface area contributed by atoms with Crippen LogP contribution in [-0.2, 0) is 0 Å². The average molecular weight is 304 g/mol. The van der Waals surface area contributed by atoms with E-state index in [0.717, 1.165) is 11.0 Å². The lowest BCUT2D eigenvalue weighted by molar-refractivity contribution is 0.628. The molecule has 2 nitrogen and oxygen atoms in total. The van der Waals surface area contributed by atoms with Gasteiger partial charge in [-0.2, -0.15) is 5.26 Å². The Bertz CT molecular complexity index is 1040. The minimum atomic E-state index is -0.380. The summed E-state index contributed by atoms with van der Waals surface area (Å²) in [5.74, 6) is -0.760. The summed E-state index contributed by atoms with van der Waals surface area (Å²) in [4.78, 5) is 0. The molecule has 0 radical (unpaired) electrons. The molecule has 0 amide bonds. The summed E-state index contributed by atoms with van der Waals surface area (Å²) >= 11 is 0. The van der Waals surface area contributed by atoms with Gasteiger partial charge >= 0.3 is 0 Å². The van der Waals surface area contributed by atoms with Crippen molar-refractivity contribution in [1.82, 2.24) is 4.57 Å². The normalized spacial score (nSPS) is 11.0. The number of nitriles is 1. The smallest absolute Gasteiger partial charge is 0.123 e. The van der Waals surface area contributed by atoms with Crippen LogP contribution in [0, 0.1) is 23.0 Å². The third-order valence-corrected chi connectivity index (χ3v) is 3.95. The Hall–Kier alpha value is -3.19. The molecule has 4 aromatic rings. The highest BCUT2D eigenvalue weighted by Crippen LogP contribution is 2.33. The van der Waals surface area contributed by atoms with Crippen molar-refractivity contribution in [3.8, 4) is 11.8 Å². The summed E-state index contributed by atoms with van der Waals surface area (Å²) in [5, 5.41) is 10.6. The highest BCUT2D eigenvalue weighted by Gasteiger charge is 2.15. The van der Waals surface area contributed by atoms with Crippen LogP contribution in [0.15, 0.2) is 60.7 Å². The number of hydrogen-bond acceptors (Lipinski definition) is 1.